The van der Waals surface area contributed by atoms with E-state index in [-0.39, 0.29) is 5.75 Å². The second kappa shape index (κ2) is 4.29. The number of phenols is 1. The topological polar surface area (TPSA) is 70.9 Å². The molecule has 0 radical (unpaired) electrons. The van der Waals surface area contributed by atoms with Gasteiger partial charge in [0.1, 0.15) is 5.75 Å². The Morgan fingerprint density at radius 2 is 1.89 bits per heavy atom. The summed E-state index contributed by atoms with van der Waals surface area (Å²) in [6, 6.07) is 8.66. The fourth-order valence-electron chi connectivity index (χ4n) is 1.65. The second-order valence-electron chi connectivity index (χ2n) is 3.80. The second-order valence-corrected chi connectivity index (χ2v) is 3.80. The van der Waals surface area contributed by atoms with Gasteiger partial charge in [-0.1, -0.05) is 0 Å². The van der Waals surface area contributed by atoms with E-state index in [0.29, 0.717) is 5.95 Å². The number of aromatic nitrogens is 3. The third-order valence-electron chi connectivity index (χ3n) is 2.50. The van der Waals surface area contributed by atoms with Crippen LogP contribution in [-0.4, -0.2) is 20.1 Å². The van der Waals surface area contributed by atoms with Crippen LogP contribution in [-0.2, 0) is 0 Å². The lowest BCUT2D eigenvalue weighted by Crippen LogP contribution is -1.96. The highest BCUT2D eigenvalue weighted by Crippen LogP contribution is 2.19. The number of aromatic hydroxyl groups is 1. The van der Waals surface area contributed by atoms with E-state index in [9.17, 15) is 5.11 Å². The highest BCUT2D eigenvalue weighted by Gasteiger charge is 2.01. The normalized spacial score (nSPS) is 10.4. The SMILES string of the molecule is Oc1ccc2nc(Nc3ccncc3)ncc2c1. The number of nitrogens with zero attached hydrogens (tertiary/aromatic N) is 3. The lowest BCUT2D eigenvalue weighted by Gasteiger charge is -2.05. The zero-order chi connectivity index (χ0) is 12.4. The van der Waals surface area contributed by atoms with Crippen molar-refractivity contribution in [3.05, 3.63) is 48.9 Å². The van der Waals surface area contributed by atoms with Gasteiger partial charge in [0, 0.05) is 29.7 Å². The van der Waals surface area contributed by atoms with Crippen LogP contribution >= 0.6 is 0 Å². The highest BCUT2D eigenvalue weighted by atomic mass is 16.3. The molecule has 88 valence electrons. The zero-order valence-electron chi connectivity index (χ0n) is 9.41. The molecular weight excluding hydrogens is 228 g/mol. The smallest absolute Gasteiger partial charge is 0.227 e. The first-order chi connectivity index (χ1) is 8.81. The Morgan fingerprint density at radius 1 is 1.06 bits per heavy atom. The van der Waals surface area contributed by atoms with E-state index in [0.717, 1.165) is 16.6 Å². The van der Waals surface area contributed by atoms with Gasteiger partial charge in [0.15, 0.2) is 0 Å². The molecule has 3 aromatic rings. The summed E-state index contributed by atoms with van der Waals surface area (Å²) in [6.07, 6.45) is 5.06. The van der Waals surface area contributed by atoms with Gasteiger partial charge in [0.2, 0.25) is 5.95 Å². The third kappa shape index (κ3) is 2.06. The average Bonchev–Trinajstić information content (AvgIpc) is 2.40. The van der Waals surface area contributed by atoms with Crippen molar-refractivity contribution < 1.29 is 5.11 Å². The van der Waals surface area contributed by atoms with Gasteiger partial charge in [-0.15, -0.1) is 0 Å². The Kier molecular flexibility index (Phi) is 2.49. The molecule has 0 aliphatic heterocycles. The largest absolute Gasteiger partial charge is 0.508 e. The minimum absolute atomic E-state index is 0.209. The molecule has 5 nitrogen and oxygen atoms in total. The molecule has 18 heavy (non-hydrogen) atoms. The van der Waals surface area contributed by atoms with Crippen molar-refractivity contribution in [3.63, 3.8) is 0 Å². The summed E-state index contributed by atoms with van der Waals surface area (Å²) in [4.78, 5) is 12.5. The molecule has 2 heterocycles. The monoisotopic (exact) mass is 238 g/mol. The molecule has 2 N–H and O–H groups in total. The molecule has 0 unspecified atom stereocenters. The van der Waals surface area contributed by atoms with Gasteiger partial charge in [-0.3, -0.25) is 4.98 Å². The Hall–Kier alpha value is -2.69. The molecule has 0 saturated carbocycles. The fraction of sp³-hybridized carbons (Fsp3) is 0. The van der Waals surface area contributed by atoms with E-state index in [1.54, 1.807) is 36.8 Å². The Bertz CT molecular complexity index is 685. The standard InChI is InChI=1S/C13H10N4O/c18-11-1-2-12-9(7-11)8-15-13(17-12)16-10-3-5-14-6-4-10/h1-8,18H,(H,14,15,16,17). The maximum absolute atomic E-state index is 9.36. The number of rotatable bonds is 2. The molecule has 0 aliphatic rings. The minimum Gasteiger partial charge on any atom is -0.508 e. The molecular formula is C13H10N4O. The lowest BCUT2D eigenvalue weighted by atomic mass is 10.2. The van der Waals surface area contributed by atoms with Crippen molar-refractivity contribution in [1.29, 1.82) is 0 Å². The number of nitrogens with one attached hydrogen (secondary N) is 1. The lowest BCUT2D eigenvalue weighted by molar-refractivity contribution is 0.476. The summed E-state index contributed by atoms with van der Waals surface area (Å²) in [5, 5.41) is 13.2. The molecule has 0 fully saturated rings. The third-order valence-corrected chi connectivity index (χ3v) is 2.50. The number of hydrogen-bond acceptors (Lipinski definition) is 5. The Balaban J connectivity index is 1.96. The van der Waals surface area contributed by atoms with Gasteiger partial charge in [-0.25, -0.2) is 9.97 Å². The molecule has 0 saturated heterocycles. The van der Waals surface area contributed by atoms with Gasteiger partial charge in [-0.05, 0) is 30.3 Å². The van der Waals surface area contributed by atoms with Crippen molar-refractivity contribution in [1.82, 2.24) is 15.0 Å². The molecule has 0 bridgehead atoms. The quantitative estimate of drug-likeness (QED) is 0.717. The van der Waals surface area contributed by atoms with Crippen LogP contribution in [0, 0.1) is 0 Å². The van der Waals surface area contributed by atoms with Gasteiger partial charge >= 0.3 is 0 Å². The van der Waals surface area contributed by atoms with Crippen LogP contribution in [0.25, 0.3) is 10.9 Å². The van der Waals surface area contributed by atoms with Crippen molar-refractivity contribution in [2.45, 2.75) is 0 Å². The summed E-state index contributed by atoms with van der Waals surface area (Å²) < 4.78 is 0. The molecule has 2 aromatic heterocycles. The maximum Gasteiger partial charge on any atom is 0.227 e. The van der Waals surface area contributed by atoms with Crippen LogP contribution in [0.5, 0.6) is 5.75 Å². The molecule has 0 amide bonds. The van der Waals surface area contributed by atoms with E-state index in [2.05, 4.69) is 20.3 Å². The summed E-state index contributed by atoms with van der Waals surface area (Å²) in [5.74, 6) is 0.723. The number of pyridine rings is 1. The van der Waals surface area contributed by atoms with Gasteiger partial charge < -0.3 is 10.4 Å². The van der Waals surface area contributed by atoms with E-state index in [1.165, 1.54) is 0 Å². The minimum atomic E-state index is 0.209. The van der Waals surface area contributed by atoms with Crippen LogP contribution < -0.4 is 5.32 Å². The number of anilines is 2. The molecule has 3 rings (SSSR count). The summed E-state index contributed by atoms with van der Waals surface area (Å²) in [7, 11) is 0. The predicted octanol–water partition coefficient (Wildman–Crippen LogP) is 2.47. The van der Waals surface area contributed by atoms with Gasteiger partial charge in [-0.2, -0.15) is 0 Å². The number of fused-ring (bicyclic) bond motifs is 1. The predicted molar refractivity (Wildman–Crippen MR) is 68.7 cm³/mol. The van der Waals surface area contributed by atoms with Crippen molar-refractivity contribution in [3.8, 4) is 5.75 Å². The number of phenolic OH excluding ortho intramolecular Hbond substituents is 1. The first kappa shape index (κ1) is 10.5. The number of benzene rings is 1. The van der Waals surface area contributed by atoms with Crippen LogP contribution in [0.4, 0.5) is 11.6 Å². The van der Waals surface area contributed by atoms with Crippen LogP contribution in [0.2, 0.25) is 0 Å². The van der Waals surface area contributed by atoms with E-state index in [4.69, 9.17) is 0 Å². The van der Waals surface area contributed by atoms with Crippen LogP contribution in [0.1, 0.15) is 0 Å². The molecule has 0 atom stereocenters. The van der Waals surface area contributed by atoms with E-state index < -0.39 is 0 Å². The first-order valence-electron chi connectivity index (χ1n) is 5.44. The molecule has 0 spiro atoms. The first-order valence-corrected chi connectivity index (χ1v) is 5.44. The van der Waals surface area contributed by atoms with E-state index in [1.807, 2.05) is 12.1 Å². The highest BCUT2D eigenvalue weighted by molar-refractivity contribution is 5.80. The van der Waals surface area contributed by atoms with Crippen molar-refractivity contribution in [2.75, 3.05) is 5.32 Å². The summed E-state index contributed by atoms with van der Waals surface area (Å²) in [5.41, 5.74) is 1.66. The van der Waals surface area contributed by atoms with E-state index >= 15 is 0 Å². The Morgan fingerprint density at radius 3 is 2.72 bits per heavy atom. The maximum atomic E-state index is 9.36. The van der Waals surface area contributed by atoms with Crippen molar-refractivity contribution >= 4 is 22.5 Å². The van der Waals surface area contributed by atoms with Crippen molar-refractivity contribution in [2.24, 2.45) is 0 Å². The van der Waals surface area contributed by atoms with Crippen LogP contribution in [0.3, 0.4) is 0 Å². The molecule has 5 heteroatoms. The van der Waals surface area contributed by atoms with Crippen LogP contribution in [0.15, 0.2) is 48.9 Å². The fourth-order valence-corrected chi connectivity index (χ4v) is 1.65. The van der Waals surface area contributed by atoms with Gasteiger partial charge in [0.05, 0.1) is 5.52 Å². The Labute approximate surface area is 103 Å². The van der Waals surface area contributed by atoms with Gasteiger partial charge in [0.25, 0.3) is 0 Å². The zero-order valence-corrected chi connectivity index (χ0v) is 9.41. The summed E-state index contributed by atoms with van der Waals surface area (Å²) in [6.45, 7) is 0. The number of hydrogen-bond donors (Lipinski definition) is 2. The molecule has 0 aliphatic carbocycles. The molecule has 1 aromatic carbocycles. The average molecular weight is 238 g/mol. The summed E-state index contributed by atoms with van der Waals surface area (Å²) >= 11 is 0.